The second kappa shape index (κ2) is 6.93. The number of hydrogen-bond donors (Lipinski definition) is 0. The molecule has 0 unspecified atom stereocenters. The molecule has 0 saturated heterocycles. The predicted molar refractivity (Wildman–Crippen MR) is 81.4 cm³/mol. The summed E-state index contributed by atoms with van der Waals surface area (Å²) in [5, 5.41) is 0. The molecule has 0 heterocycles. The lowest BCUT2D eigenvalue weighted by Crippen LogP contribution is -2.32. The highest BCUT2D eigenvalue weighted by molar-refractivity contribution is 9.10. The molecule has 0 fully saturated rings. The van der Waals surface area contributed by atoms with E-state index in [1.165, 1.54) is 0 Å². The number of hydrogen-bond acceptors (Lipinski definition) is 2. The first-order valence-corrected chi connectivity index (χ1v) is 7.23. The van der Waals surface area contributed by atoms with Crippen molar-refractivity contribution >= 4 is 27.9 Å². The molecule has 2 nitrogen and oxygen atoms in total. The standard InChI is InChI=1S/C15H22BrNO/c1-11(2)8-17(9-12(3)4)15-7-14(16)6-5-13(15)10-18/h5-7,10-12H,8-9H2,1-4H3. The van der Waals surface area contributed by atoms with Gasteiger partial charge in [-0.1, -0.05) is 43.6 Å². The molecule has 0 aliphatic carbocycles. The van der Waals surface area contributed by atoms with E-state index in [9.17, 15) is 4.79 Å². The van der Waals surface area contributed by atoms with Crippen molar-refractivity contribution in [3.8, 4) is 0 Å². The smallest absolute Gasteiger partial charge is 0.152 e. The number of anilines is 1. The zero-order valence-electron chi connectivity index (χ0n) is 11.6. The topological polar surface area (TPSA) is 20.3 Å². The highest BCUT2D eigenvalue weighted by Gasteiger charge is 2.14. The number of halogens is 1. The van der Waals surface area contributed by atoms with Crippen LogP contribution in [0.4, 0.5) is 5.69 Å². The highest BCUT2D eigenvalue weighted by Crippen LogP contribution is 2.25. The van der Waals surface area contributed by atoms with Gasteiger partial charge in [0, 0.05) is 28.8 Å². The Kier molecular flexibility index (Phi) is 5.86. The van der Waals surface area contributed by atoms with E-state index in [-0.39, 0.29) is 0 Å². The number of carbonyl (C=O) groups is 1. The third kappa shape index (κ3) is 4.45. The van der Waals surface area contributed by atoms with Gasteiger partial charge in [0.05, 0.1) is 0 Å². The van der Waals surface area contributed by atoms with Crippen molar-refractivity contribution in [3.63, 3.8) is 0 Å². The molecule has 0 spiro atoms. The summed E-state index contributed by atoms with van der Waals surface area (Å²) in [6.07, 6.45) is 0.940. The molecular weight excluding hydrogens is 290 g/mol. The lowest BCUT2D eigenvalue weighted by molar-refractivity contribution is 0.112. The largest absolute Gasteiger partial charge is 0.370 e. The average molecular weight is 312 g/mol. The molecule has 0 aromatic heterocycles. The summed E-state index contributed by atoms with van der Waals surface area (Å²) in [6.45, 7) is 10.7. The van der Waals surface area contributed by atoms with Crippen LogP contribution < -0.4 is 4.90 Å². The van der Waals surface area contributed by atoms with E-state index in [1.54, 1.807) is 0 Å². The molecule has 18 heavy (non-hydrogen) atoms. The Labute approximate surface area is 119 Å². The lowest BCUT2D eigenvalue weighted by Gasteiger charge is -2.29. The summed E-state index contributed by atoms with van der Waals surface area (Å²) < 4.78 is 1.01. The minimum atomic E-state index is 0.572. The summed E-state index contributed by atoms with van der Waals surface area (Å²) in [5.74, 6) is 1.14. The van der Waals surface area contributed by atoms with Gasteiger partial charge in [0.15, 0.2) is 6.29 Å². The maximum absolute atomic E-state index is 11.2. The fourth-order valence-corrected chi connectivity index (χ4v) is 2.39. The van der Waals surface area contributed by atoms with Crippen molar-refractivity contribution in [3.05, 3.63) is 28.2 Å². The van der Waals surface area contributed by atoms with Crippen molar-refractivity contribution < 1.29 is 4.79 Å². The molecule has 0 aliphatic rings. The normalized spacial score (nSPS) is 11.1. The summed E-state index contributed by atoms with van der Waals surface area (Å²) in [7, 11) is 0. The molecule has 0 atom stereocenters. The number of carbonyl (C=O) groups excluding carboxylic acids is 1. The van der Waals surface area contributed by atoms with Crippen LogP contribution in [0.15, 0.2) is 22.7 Å². The van der Waals surface area contributed by atoms with Crippen molar-refractivity contribution in [1.82, 2.24) is 0 Å². The Morgan fingerprint density at radius 3 is 2.17 bits per heavy atom. The van der Waals surface area contributed by atoms with Gasteiger partial charge in [0.2, 0.25) is 0 Å². The number of aldehydes is 1. The molecule has 1 rings (SSSR count). The Hall–Kier alpha value is -0.830. The second-order valence-electron chi connectivity index (χ2n) is 5.51. The van der Waals surface area contributed by atoms with E-state index in [1.807, 2.05) is 18.2 Å². The SMILES string of the molecule is CC(C)CN(CC(C)C)c1cc(Br)ccc1C=O. The first kappa shape index (κ1) is 15.2. The Morgan fingerprint density at radius 2 is 1.72 bits per heavy atom. The fourth-order valence-electron chi connectivity index (χ4n) is 2.04. The van der Waals surface area contributed by atoms with Crippen LogP contribution >= 0.6 is 15.9 Å². The molecule has 0 aliphatic heterocycles. The Morgan fingerprint density at radius 1 is 1.17 bits per heavy atom. The molecule has 0 radical (unpaired) electrons. The van der Waals surface area contributed by atoms with Gasteiger partial charge in [0.25, 0.3) is 0 Å². The average Bonchev–Trinajstić information content (AvgIpc) is 2.26. The van der Waals surface area contributed by atoms with Crippen LogP contribution in [0.1, 0.15) is 38.1 Å². The van der Waals surface area contributed by atoms with Crippen LogP contribution in [0, 0.1) is 11.8 Å². The molecule has 0 bridgehead atoms. The third-order valence-corrected chi connectivity index (χ3v) is 3.12. The molecule has 100 valence electrons. The zero-order valence-corrected chi connectivity index (χ0v) is 13.2. The molecule has 1 aromatic carbocycles. The molecule has 0 saturated carbocycles. The first-order chi connectivity index (χ1) is 8.43. The van der Waals surface area contributed by atoms with E-state index >= 15 is 0 Å². The van der Waals surface area contributed by atoms with Crippen molar-refractivity contribution in [2.45, 2.75) is 27.7 Å². The van der Waals surface area contributed by atoms with Gasteiger partial charge in [-0.25, -0.2) is 0 Å². The zero-order chi connectivity index (χ0) is 13.7. The quantitative estimate of drug-likeness (QED) is 0.727. The van der Waals surface area contributed by atoms with Crippen LogP contribution in [0.5, 0.6) is 0 Å². The van der Waals surface area contributed by atoms with Crippen LogP contribution in [0.3, 0.4) is 0 Å². The monoisotopic (exact) mass is 311 g/mol. The Balaban J connectivity index is 3.09. The number of nitrogens with zero attached hydrogens (tertiary/aromatic N) is 1. The maximum Gasteiger partial charge on any atom is 0.152 e. The van der Waals surface area contributed by atoms with E-state index in [0.717, 1.165) is 35.1 Å². The van der Waals surface area contributed by atoms with Crippen LogP contribution in [0.2, 0.25) is 0 Å². The van der Waals surface area contributed by atoms with Crippen molar-refractivity contribution in [2.24, 2.45) is 11.8 Å². The van der Waals surface area contributed by atoms with Gasteiger partial charge >= 0.3 is 0 Å². The van der Waals surface area contributed by atoms with Gasteiger partial charge < -0.3 is 4.90 Å². The molecule has 0 N–H and O–H groups in total. The summed E-state index contributed by atoms with van der Waals surface area (Å²) in [6, 6.07) is 5.82. The van der Waals surface area contributed by atoms with E-state index in [2.05, 4.69) is 48.5 Å². The Bertz CT molecular complexity index is 391. The predicted octanol–water partition coefficient (Wildman–Crippen LogP) is 4.38. The molecule has 1 aromatic rings. The van der Waals surface area contributed by atoms with Gasteiger partial charge in [-0.2, -0.15) is 0 Å². The second-order valence-corrected chi connectivity index (χ2v) is 6.43. The highest BCUT2D eigenvalue weighted by atomic mass is 79.9. The summed E-state index contributed by atoms with van der Waals surface area (Å²) >= 11 is 3.48. The summed E-state index contributed by atoms with van der Waals surface area (Å²) in [4.78, 5) is 13.5. The van der Waals surface area contributed by atoms with E-state index < -0.39 is 0 Å². The van der Waals surface area contributed by atoms with Gasteiger partial charge in [-0.3, -0.25) is 4.79 Å². The summed E-state index contributed by atoms with van der Waals surface area (Å²) in [5.41, 5.74) is 1.79. The van der Waals surface area contributed by atoms with E-state index in [0.29, 0.717) is 11.8 Å². The fraction of sp³-hybridized carbons (Fsp3) is 0.533. The van der Waals surface area contributed by atoms with Crippen LogP contribution in [-0.2, 0) is 0 Å². The van der Waals surface area contributed by atoms with Crippen molar-refractivity contribution in [1.29, 1.82) is 0 Å². The van der Waals surface area contributed by atoms with Gasteiger partial charge in [-0.15, -0.1) is 0 Å². The van der Waals surface area contributed by atoms with Gasteiger partial charge in [-0.05, 0) is 30.0 Å². The minimum absolute atomic E-state index is 0.572. The van der Waals surface area contributed by atoms with Crippen LogP contribution in [0.25, 0.3) is 0 Å². The third-order valence-electron chi connectivity index (χ3n) is 2.63. The van der Waals surface area contributed by atoms with E-state index in [4.69, 9.17) is 0 Å². The van der Waals surface area contributed by atoms with Crippen molar-refractivity contribution in [2.75, 3.05) is 18.0 Å². The van der Waals surface area contributed by atoms with Gasteiger partial charge in [0.1, 0.15) is 0 Å². The number of benzene rings is 1. The molecule has 3 heteroatoms. The molecular formula is C15H22BrNO. The lowest BCUT2D eigenvalue weighted by atomic mass is 10.1. The van der Waals surface area contributed by atoms with Crippen LogP contribution in [-0.4, -0.2) is 19.4 Å². The maximum atomic E-state index is 11.2. The minimum Gasteiger partial charge on any atom is -0.370 e. The number of rotatable bonds is 6. The molecule has 0 amide bonds. The first-order valence-electron chi connectivity index (χ1n) is 6.43.